The van der Waals surface area contributed by atoms with E-state index in [1.54, 1.807) is 11.3 Å². The Labute approximate surface area is 141 Å². The lowest BCUT2D eigenvalue weighted by Crippen LogP contribution is -2.17. The first-order valence-electron chi connectivity index (χ1n) is 8.34. The van der Waals surface area contributed by atoms with Gasteiger partial charge >= 0.3 is 0 Å². The van der Waals surface area contributed by atoms with Crippen LogP contribution in [0.15, 0.2) is 29.6 Å². The molecule has 1 unspecified atom stereocenters. The van der Waals surface area contributed by atoms with Gasteiger partial charge in [-0.1, -0.05) is 13.3 Å². The van der Waals surface area contributed by atoms with Crippen molar-refractivity contribution in [1.29, 1.82) is 0 Å². The van der Waals surface area contributed by atoms with E-state index in [1.807, 2.05) is 36.6 Å². The summed E-state index contributed by atoms with van der Waals surface area (Å²) in [6.07, 6.45) is 4.59. The highest BCUT2D eigenvalue weighted by Crippen LogP contribution is 2.34. The molecule has 0 bridgehead atoms. The van der Waals surface area contributed by atoms with E-state index in [-0.39, 0.29) is 5.91 Å². The summed E-state index contributed by atoms with van der Waals surface area (Å²) in [6.45, 7) is 4.85. The summed E-state index contributed by atoms with van der Waals surface area (Å²) in [4.78, 5) is 14.0. The van der Waals surface area contributed by atoms with Gasteiger partial charge in [0.15, 0.2) is 0 Å². The zero-order valence-corrected chi connectivity index (χ0v) is 14.5. The highest BCUT2D eigenvalue weighted by molar-refractivity contribution is 7.10. The first-order chi connectivity index (χ1) is 11.2. The summed E-state index contributed by atoms with van der Waals surface area (Å²) in [6, 6.07) is 7.53. The number of carbonyl (C=O) groups excluding carboxylic acids is 1. The van der Waals surface area contributed by atoms with E-state index in [0.29, 0.717) is 6.61 Å². The van der Waals surface area contributed by atoms with Crippen molar-refractivity contribution in [1.82, 2.24) is 0 Å². The average Bonchev–Trinajstić information content (AvgIpc) is 3.00. The molecule has 1 aromatic carbocycles. The normalized spacial score (nSPS) is 16.7. The second kappa shape index (κ2) is 7.18. The first-order valence-corrected chi connectivity index (χ1v) is 9.22. The Bertz CT molecular complexity index is 675. The van der Waals surface area contributed by atoms with Gasteiger partial charge in [-0.15, -0.1) is 11.3 Å². The lowest BCUT2D eigenvalue weighted by molar-refractivity contribution is 0.102. The zero-order chi connectivity index (χ0) is 16.2. The molecule has 0 aliphatic heterocycles. The fourth-order valence-electron chi connectivity index (χ4n) is 3.12. The second-order valence-electron chi connectivity index (χ2n) is 5.98. The Hall–Kier alpha value is -1.81. The molecule has 122 valence electrons. The molecule has 0 fully saturated rings. The van der Waals surface area contributed by atoms with E-state index in [2.05, 4.69) is 12.2 Å². The first kappa shape index (κ1) is 16.1. The monoisotopic (exact) mass is 329 g/mol. The van der Waals surface area contributed by atoms with Gasteiger partial charge in [0.05, 0.1) is 12.2 Å². The minimum Gasteiger partial charge on any atom is -0.494 e. The second-order valence-corrected chi connectivity index (χ2v) is 6.94. The van der Waals surface area contributed by atoms with Gasteiger partial charge in [0.2, 0.25) is 0 Å². The highest BCUT2D eigenvalue weighted by Gasteiger charge is 2.24. The van der Waals surface area contributed by atoms with Crippen molar-refractivity contribution < 1.29 is 9.53 Å². The van der Waals surface area contributed by atoms with E-state index in [1.165, 1.54) is 23.3 Å². The van der Waals surface area contributed by atoms with Crippen LogP contribution in [-0.2, 0) is 12.8 Å². The van der Waals surface area contributed by atoms with Crippen molar-refractivity contribution in [2.24, 2.45) is 5.92 Å². The third-order valence-electron chi connectivity index (χ3n) is 4.50. The smallest absolute Gasteiger partial charge is 0.256 e. The Morgan fingerprint density at radius 3 is 2.78 bits per heavy atom. The summed E-state index contributed by atoms with van der Waals surface area (Å²) in [7, 11) is 0. The SMILES string of the molecule is CCOc1ccc(NC(=O)c2csc3c2CCC(CC)C3)cc1. The predicted molar refractivity (Wildman–Crippen MR) is 95.7 cm³/mol. The molecule has 4 heteroatoms. The summed E-state index contributed by atoms with van der Waals surface area (Å²) in [5.41, 5.74) is 2.93. The highest BCUT2D eigenvalue weighted by atomic mass is 32.1. The number of ether oxygens (including phenoxy) is 1. The Morgan fingerprint density at radius 1 is 1.30 bits per heavy atom. The largest absolute Gasteiger partial charge is 0.494 e. The number of carbonyl (C=O) groups is 1. The molecule has 3 nitrogen and oxygen atoms in total. The lowest BCUT2D eigenvalue weighted by Gasteiger charge is -2.21. The molecule has 3 rings (SSSR count). The summed E-state index contributed by atoms with van der Waals surface area (Å²) < 4.78 is 5.42. The van der Waals surface area contributed by atoms with Crippen molar-refractivity contribution in [3.05, 3.63) is 45.6 Å². The maximum absolute atomic E-state index is 12.6. The Kier molecular flexibility index (Phi) is 5.01. The number of fused-ring (bicyclic) bond motifs is 1. The number of rotatable bonds is 5. The molecule has 1 heterocycles. The van der Waals surface area contributed by atoms with Gasteiger partial charge in [-0.25, -0.2) is 0 Å². The summed E-state index contributed by atoms with van der Waals surface area (Å²) in [5, 5.41) is 5.02. The minimum atomic E-state index is 0.00149. The molecule has 0 spiro atoms. The molecular weight excluding hydrogens is 306 g/mol. The van der Waals surface area contributed by atoms with Gasteiger partial charge < -0.3 is 10.1 Å². The molecule has 1 aromatic heterocycles. The van der Waals surface area contributed by atoms with Crippen molar-refractivity contribution >= 4 is 22.9 Å². The van der Waals surface area contributed by atoms with Gasteiger partial charge in [0.25, 0.3) is 5.91 Å². The standard InChI is InChI=1S/C19H23NO2S/c1-3-13-5-10-16-17(12-23-18(16)11-13)19(21)20-14-6-8-15(9-7-14)22-4-2/h6-9,12-13H,3-5,10-11H2,1-2H3,(H,20,21). The molecule has 0 saturated carbocycles. The quantitative estimate of drug-likeness (QED) is 0.846. The van der Waals surface area contributed by atoms with Crippen LogP contribution in [-0.4, -0.2) is 12.5 Å². The van der Waals surface area contributed by atoms with Crippen LogP contribution in [0.3, 0.4) is 0 Å². The van der Waals surface area contributed by atoms with E-state index in [0.717, 1.165) is 35.8 Å². The summed E-state index contributed by atoms with van der Waals surface area (Å²) in [5.74, 6) is 1.61. The molecule has 1 aliphatic carbocycles. The van der Waals surface area contributed by atoms with Gasteiger partial charge in [-0.2, -0.15) is 0 Å². The van der Waals surface area contributed by atoms with E-state index in [9.17, 15) is 4.79 Å². The molecule has 23 heavy (non-hydrogen) atoms. The van der Waals surface area contributed by atoms with Gasteiger partial charge in [-0.3, -0.25) is 4.79 Å². The van der Waals surface area contributed by atoms with Crippen LogP contribution >= 0.6 is 11.3 Å². The maximum Gasteiger partial charge on any atom is 0.256 e. The number of anilines is 1. The molecule has 1 amide bonds. The summed E-state index contributed by atoms with van der Waals surface area (Å²) >= 11 is 1.74. The van der Waals surface area contributed by atoms with Crippen molar-refractivity contribution in [3.8, 4) is 5.75 Å². The minimum absolute atomic E-state index is 0.00149. The van der Waals surface area contributed by atoms with Gasteiger partial charge in [0.1, 0.15) is 5.75 Å². The van der Waals surface area contributed by atoms with Crippen LogP contribution in [0.2, 0.25) is 0 Å². The topological polar surface area (TPSA) is 38.3 Å². The van der Waals surface area contributed by atoms with E-state index < -0.39 is 0 Å². The van der Waals surface area contributed by atoms with Crippen molar-refractivity contribution in [2.45, 2.75) is 39.5 Å². The van der Waals surface area contributed by atoms with Crippen LogP contribution < -0.4 is 10.1 Å². The fourth-order valence-corrected chi connectivity index (χ4v) is 4.31. The molecule has 1 aliphatic rings. The number of hydrogen-bond acceptors (Lipinski definition) is 3. The molecule has 1 N–H and O–H groups in total. The molecule has 0 radical (unpaired) electrons. The molecule has 2 aromatic rings. The number of hydrogen-bond donors (Lipinski definition) is 1. The number of nitrogens with one attached hydrogen (secondary N) is 1. The number of benzene rings is 1. The average molecular weight is 329 g/mol. The van der Waals surface area contributed by atoms with E-state index in [4.69, 9.17) is 4.74 Å². The van der Waals surface area contributed by atoms with Crippen molar-refractivity contribution in [2.75, 3.05) is 11.9 Å². The van der Waals surface area contributed by atoms with Gasteiger partial charge in [0, 0.05) is 15.9 Å². The van der Waals surface area contributed by atoms with Crippen LogP contribution in [0.1, 0.15) is 47.5 Å². The number of amides is 1. The Morgan fingerprint density at radius 2 is 2.09 bits per heavy atom. The molecule has 1 atom stereocenters. The Balaban J connectivity index is 1.70. The number of thiophene rings is 1. The van der Waals surface area contributed by atoms with E-state index >= 15 is 0 Å². The third-order valence-corrected chi connectivity index (χ3v) is 5.55. The molecule has 0 saturated heterocycles. The lowest BCUT2D eigenvalue weighted by atomic mass is 9.86. The van der Waals surface area contributed by atoms with Gasteiger partial charge in [-0.05, 0) is 61.9 Å². The zero-order valence-electron chi connectivity index (χ0n) is 13.7. The predicted octanol–water partition coefficient (Wildman–Crippen LogP) is 4.91. The maximum atomic E-state index is 12.6. The fraction of sp³-hybridized carbons (Fsp3) is 0.421. The van der Waals surface area contributed by atoms with Crippen LogP contribution in [0, 0.1) is 5.92 Å². The van der Waals surface area contributed by atoms with Crippen LogP contribution in [0.4, 0.5) is 5.69 Å². The van der Waals surface area contributed by atoms with Crippen molar-refractivity contribution in [3.63, 3.8) is 0 Å². The third kappa shape index (κ3) is 3.58. The van der Waals surface area contributed by atoms with Crippen LogP contribution in [0.5, 0.6) is 5.75 Å². The van der Waals surface area contributed by atoms with Crippen LogP contribution in [0.25, 0.3) is 0 Å². The molecular formula is C19H23NO2S.